The maximum absolute atomic E-state index is 11.5. The molecule has 0 saturated carbocycles. The third-order valence-corrected chi connectivity index (χ3v) is 2.66. The van der Waals surface area contributed by atoms with Gasteiger partial charge in [-0.25, -0.2) is 0 Å². The van der Waals surface area contributed by atoms with Gasteiger partial charge in [0.2, 0.25) is 5.91 Å². The number of anilines is 1. The van der Waals surface area contributed by atoms with E-state index in [1.807, 2.05) is 12.1 Å². The van der Waals surface area contributed by atoms with Gasteiger partial charge in [-0.3, -0.25) is 9.59 Å². The minimum absolute atomic E-state index is 0. The summed E-state index contributed by atoms with van der Waals surface area (Å²) in [5.41, 5.74) is 1.58. The predicted octanol–water partition coefficient (Wildman–Crippen LogP) is 2.65. The van der Waals surface area contributed by atoms with Crippen LogP contribution in [0.2, 0.25) is 0 Å². The SMILES string of the molecule is C.CC(=O)c1ccc(N2CCCC2=O)cc1. The van der Waals surface area contributed by atoms with E-state index >= 15 is 0 Å². The van der Waals surface area contributed by atoms with Crippen LogP contribution in [-0.4, -0.2) is 18.2 Å². The fraction of sp³-hybridized carbons (Fsp3) is 0.385. The van der Waals surface area contributed by atoms with Gasteiger partial charge < -0.3 is 4.90 Å². The summed E-state index contributed by atoms with van der Waals surface area (Å²) in [6.45, 7) is 2.33. The number of hydrogen-bond donors (Lipinski definition) is 0. The van der Waals surface area contributed by atoms with Crippen LogP contribution >= 0.6 is 0 Å². The summed E-state index contributed by atoms with van der Waals surface area (Å²) in [4.78, 5) is 24.3. The van der Waals surface area contributed by atoms with Gasteiger partial charge in [0.1, 0.15) is 0 Å². The molecular formula is C13H17NO2. The highest BCUT2D eigenvalue weighted by molar-refractivity contribution is 5.97. The highest BCUT2D eigenvalue weighted by Crippen LogP contribution is 2.21. The number of rotatable bonds is 2. The molecule has 1 fully saturated rings. The van der Waals surface area contributed by atoms with E-state index in [1.54, 1.807) is 17.0 Å². The van der Waals surface area contributed by atoms with Crippen molar-refractivity contribution in [2.75, 3.05) is 11.4 Å². The van der Waals surface area contributed by atoms with E-state index in [0.717, 1.165) is 18.7 Å². The van der Waals surface area contributed by atoms with E-state index in [2.05, 4.69) is 0 Å². The standard InChI is InChI=1S/C12H13NO2.CH4/c1-9(14)10-4-6-11(7-5-10)13-8-2-3-12(13)15;/h4-7H,2-3,8H2,1H3;1H4. The second-order valence-electron chi connectivity index (χ2n) is 3.75. The molecule has 3 nitrogen and oxygen atoms in total. The van der Waals surface area contributed by atoms with Crippen molar-refractivity contribution in [1.82, 2.24) is 0 Å². The van der Waals surface area contributed by atoms with Gasteiger partial charge in [-0.15, -0.1) is 0 Å². The zero-order valence-electron chi connectivity index (χ0n) is 8.69. The van der Waals surface area contributed by atoms with Crippen molar-refractivity contribution in [2.45, 2.75) is 27.2 Å². The smallest absolute Gasteiger partial charge is 0.227 e. The Kier molecular flexibility index (Phi) is 3.82. The van der Waals surface area contributed by atoms with Crippen molar-refractivity contribution < 1.29 is 9.59 Å². The number of nitrogens with zero attached hydrogens (tertiary/aromatic N) is 1. The topological polar surface area (TPSA) is 37.4 Å². The molecule has 0 aliphatic carbocycles. The average molecular weight is 219 g/mol. The van der Waals surface area contributed by atoms with Crippen LogP contribution in [-0.2, 0) is 4.79 Å². The van der Waals surface area contributed by atoms with Crippen molar-refractivity contribution in [2.24, 2.45) is 0 Å². The first-order chi connectivity index (χ1) is 7.18. The molecule has 1 aliphatic heterocycles. The lowest BCUT2D eigenvalue weighted by molar-refractivity contribution is -0.117. The third-order valence-electron chi connectivity index (χ3n) is 2.66. The number of carbonyl (C=O) groups is 2. The highest BCUT2D eigenvalue weighted by Gasteiger charge is 2.21. The maximum Gasteiger partial charge on any atom is 0.227 e. The summed E-state index contributed by atoms with van der Waals surface area (Å²) < 4.78 is 0. The molecule has 1 aliphatic rings. The molecule has 0 radical (unpaired) electrons. The predicted molar refractivity (Wildman–Crippen MR) is 64.8 cm³/mol. The van der Waals surface area contributed by atoms with Crippen LogP contribution in [0.5, 0.6) is 0 Å². The van der Waals surface area contributed by atoms with Crippen molar-refractivity contribution in [1.29, 1.82) is 0 Å². The van der Waals surface area contributed by atoms with Crippen LogP contribution in [0, 0.1) is 0 Å². The summed E-state index contributed by atoms with van der Waals surface area (Å²) in [5.74, 6) is 0.222. The Labute approximate surface area is 96.1 Å². The van der Waals surface area contributed by atoms with Gasteiger partial charge in [0.05, 0.1) is 0 Å². The second-order valence-corrected chi connectivity index (χ2v) is 3.75. The Hall–Kier alpha value is -1.64. The van der Waals surface area contributed by atoms with Crippen LogP contribution in [0.15, 0.2) is 24.3 Å². The lowest BCUT2D eigenvalue weighted by Gasteiger charge is -2.15. The van der Waals surface area contributed by atoms with Crippen LogP contribution in [0.25, 0.3) is 0 Å². The first-order valence-corrected chi connectivity index (χ1v) is 5.10. The minimum atomic E-state index is 0. The van der Waals surface area contributed by atoms with Crippen LogP contribution in [0.3, 0.4) is 0 Å². The van der Waals surface area contributed by atoms with Gasteiger partial charge in [-0.05, 0) is 37.6 Å². The molecule has 2 rings (SSSR count). The van der Waals surface area contributed by atoms with Gasteiger partial charge in [-0.2, -0.15) is 0 Å². The minimum Gasteiger partial charge on any atom is -0.312 e. The van der Waals surface area contributed by atoms with E-state index < -0.39 is 0 Å². The monoisotopic (exact) mass is 219 g/mol. The van der Waals surface area contributed by atoms with E-state index in [4.69, 9.17) is 0 Å². The molecule has 3 heteroatoms. The summed E-state index contributed by atoms with van der Waals surface area (Å²) in [6.07, 6.45) is 1.56. The zero-order valence-corrected chi connectivity index (χ0v) is 8.69. The van der Waals surface area contributed by atoms with Crippen LogP contribution < -0.4 is 4.90 Å². The van der Waals surface area contributed by atoms with Crippen LogP contribution in [0.4, 0.5) is 5.69 Å². The molecule has 1 aromatic carbocycles. The number of ketones is 1. The van der Waals surface area contributed by atoms with Gasteiger partial charge in [0, 0.05) is 24.2 Å². The van der Waals surface area contributed by atoms with Crippen molar-refractivity contribution in [3.63, 3.8) is 0 Å². The first kappa shape index (κ1) is 12.4. The Morgan fingerprint density at radius 1 is 1.25 bits per heavy atom. The summed E-state index contributed by atoms with van der Waals surface area (Å²) >= 11 is 0. The molecule has 1 heterocycles. The molecule has 0 N–H and O–H groups in total. The number of Topliss-reactive ketones (excluding diaryl/α,β-unsaturated/α-hetero) is 1. The molecule has 16 heavy (non-hydrogen) atoms. The number of hydrogen-bond acceptors (Lipinski definition) is 2. The Morgan fingerprint density at radius 3 is 2.31 bits per heavy atom. The molecule has 0 unspecified atom stereocenters. The molecule has 1 amide bonds. The number of carbonyl (C=O) groups excluding carboxylic acids is 2. The fourth-order valence-corrected chi connectivity index (χ4v) is 1.80. The van der Waals surface area contributed by atoms with Gasteiger partial charge >= 0.3 is 0 Å². The molecule has 0 aromatic heterocycles. The molecule has 86 valence electrons. The summed E-state index contributed by atoms with van der Waals surface area (Å²) in [7, 11) is 0. The number of benzene rings is 1. The molecule has 0 bridgehead atoms. The van der Waals surface area contributed by atoms with E-state index in [1.165, 1.54) is 6.92 Å². The fourth-order valence-electron chi connectivity index (χ4n) is 1.80. The number of amides is 1. The molecule has 0 spiro atoms. The van der Waals surface area contributed by atoms with E-state index in [9.17, 15) is 9.59 Å². The van der Waals surface area contributed by atoms with Gasteiger partial charge in [-0.1, -0.05) is 7.43 Å². The lowest BCUT2D eigenvalue weighted by Crippen LogP contribution is -2.23. The quantitative estimate of drug-likeness (QED) is 0.717. The largest absolute Gasteiger partial charge is 0.312 e. The highest BCUT2D eigenvalue weighted by atomic mass is 16.2. The average Bonchev–Trinajstić information content (AvgIpc) is 2.65. The maximum atomic E-state index is 11.5. The van der Waals surface area contributed by atoms with Crippen LogP contribution in [0.1, 0.15) is 37.6 Å². The molecular weight excluding hydrogens is 202 g/mol. The lowest BCUT2D eigenvalue weighted by atomic mass is 10.1. The van der Waals surface area contributed by atoms with E-state index in [-0.39, 0.29) is 19.1 Å². The van der Waals surface area contributed by atoms with Gasteiger partial charge in [0.15, 0.2) is 5.78 Å². The Bertz CT molecular complexity index is 395. The van der Waals surface area contributed by atoms with Crippen molar-refractivity contribution >= 4 is 17.4 Å². The Morgan fingerprint density at radius 2 is 1.88 bits per heavy atom. The second kappa shape index (κ2) is 4.92. The first-order valence-electron chi connectivity index (χ1n) is 5.10. The normalized spacial score (nSPS) is 14.8. The molecule has 1 aromatic rings. The van der Waals surface area contributed by atoms with Crippen molar-refractivity contribution in [3.05, 3.63) is 29.8 Å². The zero-order chi connectivity index (χ0) is 10.8. The summed E-state index contributed by atoms with van der Waals surface area (Å²) in [6, 6.07) is 7.20. The van der Waals surface area contributed by atoms with Crippen molar-refractivity contribution in [3.8, 4) is 0 Å². The molecule has 1 saturated heterocycles. The third kappa shape index (κ3) is 2.30. The van der Waals surface area contributed by atoms with E-state index in [0.29, 0.717) is 12.0 Å². The Balaban J connectivity index is 0.00000128. The molecule has 0 atom stereocenters. The summed E-state index contributed by atoms with van der Waals surface area (Å²) in [5, 5.41) is 0. The van der Waals surface area contributed by atoms with Gasteiger partial charge in [0.25, 0.3) is 0 Å².